The Kier molecular flexibility index (Phi) is 4.58. The molecule has 1 aromatic heterocycles. The van der Waals surface area contributed by atoms with Crippen molar-refractivity contribution in [1.29, 1.82) is 0 Å². The number of H-pyrrole nitrogens is 1. The van der Waals surface area contributed by atoms with Crippen LogP contribution in [0, 0.1) is 0 Å². The van der Waals surface area contributed by atoms with Gasteiger partial charge in [0.1, 0.15) is 5.60 Å². The molecule has 0 radical (unpaired) electrons. The van der Waals surface area contributed by atoms with Crippen molar-refractivity contribution in [2.45, 2.75) is 39.2 Å². The van der Waals surface area contributed by atoms with Gasteiger partial charge in [-0.2, -0.15) is 0 Å². The molecule has 0 saturated carbocycles. The van der Waals surface area contributed by atoms with Crippen molar-refractivity contribution in [3.8, 4) is 0 Å². The Hall–Kier alpha value is -1.72. The average Bonchev–Trinajstić information content (AvgIpc) is 2.51. The summed E-state index contributed by atoms with van der Waals surface area (Å²) in [6.45, 7) is 5.98. The number of alkyl carbamates (subject to hydrolysis) is 1. The first kappa shape index (κ1) is 14.3. The Morgan fingerprint density at radius 2 is 2.17 bits per heavy atom. The molecule has 18 heavy (non-hydrogen) atoms. The van der Waals surface area contributed by atoms with Gasteiger partial charge in [0.2, 0.25) is 0 Å². The lowest BCUT2D eigenvalue weighted by Crippen LogP contribution is -2.33. The number of aryl methyl sites for hydroxylation is 2. The van der Waals surface area contributed by atoms with Gasteiger partial charge in [-0.15, -0.1) is 0 Å². The van der Waals surface area contributed by atoms with Crippen LogP contribution >= 0.6 is 0 Å². The molecule has 1 rings (SSSR count). The fourth-order valence-corrected chi connectivity index (χ4v) is 1.46. The molecule has 0 aliphatic rings. The maximum Gasteiger partial charge on any atom is 0.407 e. The molecule has 0 fully saturated rings. The summed E-state index contributed by atoms with van der Waals surface area (Å²) in [6, 6.07) is 1.56. The summed E-state index contributed by atoms with van der Waals surface area (Å²) in [5.41, 5.74) is 0.341. The molecule has 1 amide bonds. The van der Waals surface area contributed by atoms with E-state index in [1.807, 2.05) is 20.8 Å². The highest BCUT2D eigenvalue weighted by molar-refractivity contribution is 5.67. The molecule has 0 atom stereocenters. The van der Waals surface area contributed by atoms with E-state index in [-0.39, 0.29) is 5.56 Å². The number of nitrogens with zero attached hydrogens (tertiary/aromatic N) is 1. The van der Waals surface area contributed by atoms with Crippen LogP contribution in [0.5, 0.6) is 0 Å². The summed E-state index contributed by atoms with van der Waals surface area (Å²) in [5, 5.41) is 5.60. The van der Waals surface area contributed by atoms with Gasteiger partial charge in [-0.25, -0.2) is 4.79 Å². The van der Waals surface area contributed by atoms with Gasteiger partial charge in [-0.3, -0.25) is 14.6 Å². The molecule has 6 heteroatoms. The summed E-state index contributed by atoms with van der Waals surface area (Å²) in [7, 11) is 1.67. The first-order valence-corrected chi connectivity index (χ1v) is 6.00. The number of hydrogen-bond donors (Lipinski definition) is 2. The van der Waals surface area contributed by atoms with Gasteiger partial charge in [-0.05, 0) is 33.6 Å². The normalized spacial score (nSPS) is 11.3. The van der Waals surface area contributed by atoms with Crippen LogP contribution in [-0.4, -0.2) is 28.0 Å². The molecule has 1 heterocycles. The Bertz CT molecular complexity index is 454. The predicted octanol–water partition coefficient (Wildman–Crippen LogP) is 1.17. The third kappa shape index (κ3) is 5.07. The molecule has 0 saturated heterocycles. The van der Waals surface area contributed by atoms with E-state index in [4.69, 9.17) is 4.74 Å². The Morgan fingerprint density at radius 1 is 1.50 bits per heavy atom. The van der Waals surface area contributed by atoms with Crippen LogP contribution in [0.1, 0.15) is 32.9 Å². The summed E-state index contributed by atoms with van der Waals surface area (Å²) in [6.07, 6.45) is 1.05. The van der Waals surface area contributed by atoms with E-state index in [9.17, 15) is 9.59 Å². The minimum atomic E-state index is -0.477. The van der Waals surface area contributed by atoms with Crippen LogP contribution in [-0.2, 0) is 18.2 Å². The van der Waals surface area contributed by atoms with Crippen LogP contribution in [0.15, 0.2) is 10.9 Å². The average molecular weight is 255 g/mol. The fraction of sp³-hybridized carbons (Fsp3) is 0.667. The molecule has 0 spiro atoms. The molecule has 1 aromatic rings. The van der Waals surface area contributed by atoms with Gasteiger partial charge in [-0.1, -0.05) is 0 Å². The highest BCUT2D eigenvalue weighted by Gasteiger charge is 2.15. The van der Waals surface area contributed by atoms with E-state index in [0.29, 0.717) is 13.0 Å². The number of carbonyl (C=O) groups is 1. The molecule has 0 unspecified atom stereocenters. The molecule has 0 aliphatic heterocycles. The van der Waals surface area contributed by atoms with Crippen LogP contribution in [0.25, 0.3) is 0 Å². The minimum Gasteiger partial charge on any atom is -0.444 e. The summed E-state index contributed by atoms with van der Waals surface area (Å²) >= 11 is 0. The predicted molar refractivity (Wildman–Crippen MR) is 68.6 cm³/mol. The van der Waals surface area contributed by atoms with Gasteiger partial charge >= 0.3 is 6.09 Å². The molecular formula is C12H21N3O3. The summed E-state index contributed by atoms with van der Waals surface area (Å²) in [5.74, 6) is 0. The standard InChI is InChI=1S/C12H21N3O3/c1-12(2,3)18-11(17)13-7-5-6-9-8-10(16)15(4)14-9/h8,14H,5-7H2,1-4H3,(H,13,17). The highest BCUT2D eigenvalue weighted by Crippen LogP contribution is 2.06. The third-order valence-electron chi connectivity index (χ3n) is 2.23. The minimum absolute atomic E-state index is 0.0508. The zero-order valence-electron chi connectivity index (χ0n) is 11.4. The highest BCUT2D eigenvalue weighted by atomic mass is 16.6. The van der Waals surface area contributed by atoms with E-state index in [2.05, 4.69) is 10.4 Å². The zero-order chi connectivity index (χ0) is 13.8. The van der Waals surface area contributed by atoms with Crippen molar-refractivity contribution >= 4 is 6.09 Å². The number of aromatic amines is 1. The first-order valence-electron chi connectivity index (χ1n) is 6.00. The Morgan fingerprint density at radius 3 is 2.67 bits per heavy atom. The Balaban J connectivity index is 2.23. The van der Waals surface area contributed by atoms with Gasteiger partial charge in [0.25, 0.3) is 5.56 Å². The lowest BCUT2D eigenvalue weighted by molar-refractivity contribution is 0.0527. The summed E-state index contributed by atoms with van der Waals surface area (Å²) < 4.78 is 6.53. The molecule has 102 valence electrons. The molecule has 0 aliphatic carbocycles. The maximum absolute atomic E-state index is 11.3. The SMILES string of the molecule is Cn1[nH]c(CCCNC(=O)OC(C)(C)C)cc1=O. The van der Waals surface area contributed by atoms with E-state index < -0.39 is 11.7 Å². The van der Waals surface area contributed by atoms with Gasteiger partial charge in [0.15, 0.2) is 0 Å². The lowest BCUT2D eigenvalue weighted by Gasteiger charge is -2.19. The number of rotatable bonds is 4. The first-order chi connectivity index (χ1) is 8.28. The second kappa shape index (κ2) is 5.75. The van der Waals surface area contributed by atoms with Crippen LogP contribution in [0.3, 0.4) is 0 Å². The zero-order valence-corrected chi connectivity index (χ0v) is 11.4. The lowest BCUT2D eigenvalue weighted by atomic mass is 10.2. The number of amides is 1. The smallest absolute Gasteiger partial charge is 0.407 e. The number of aromatic nitrogens is 2. The third-order valence-corrected chi connectivity index (χ3v) is 2.23. The van der Waals surface area contributed by atoms with E-state index >= 15 is 0 Å². The monoisotopic (exact) mass is 255 g/mol. The van der Waals surface area contributed by atoms with Crippen LogP contribution in [0.4, 0.5) is 4.79 Å². The largest absolute Gasteiger partial charge is 0.444 e. The van der Waals surface area contributed by atoms with E-state index in [1.54, 1.807) is 13.1 Å². The van der Waals surface area contributed by atoms with Gasteiger partial charge in [0.05, 0.1) is 0 Å². The topological polar surface area (TPSA) is 76.1 Å². The van der Waals surface area contributed by atoms with Crippen molar-refractivity contribution in [1.82, 2.24) is 15.1 Å². The van der Waals surface area contributed by atoms with Crippen molar-refractivity contribution < 1.29 is 9.53 Å². The molecule has 0 bridgehead atoms. The van der Waals surface area contributed by atoms with Crippen molar-refractivity contribution in [3.05, 3.63) is 22.1 Å². The number of ether oxygens (including phenoxy) is 1. The quantitative estimate of drug-likeness (QED) is 0.793. The van der Waals surface area contributed by atoms with Gasteiger partial charge < -0.3 is 10.1 Å². The second-order valence-corrected chi connectivity index (χ2v) is 5.21. The van der Waals surface area contributed by atoms with Crippen LogP contribution < -0.4 is 10.9 Å². The number of hydrogen-bond acceptors (Lipinski definition) is 3. The molecule has 2 N–H and O–H groups in total. The van der Waals surface area contributed by atoms with E-state index in [0.717, 1.165) is 12.1 Å². The van der Waals surface area contributed by atoms with Crippen molar-refractivity contribution in [2.24, 2.45) is 7.05 Å². The molecule has 6 nitrogen and oxygen atoms in total. The number of nitrogens with one attached hydrogen (secondary N) is 2. The van der Waals surface area contributed by atoms with E-state index in [1.165, 1.54) is 4.68 Å². The number of carbonyl (C=O) groups excluding carboxylic acids is 1. The fourth-order valence-electron chi connectivity index (χ4n) is 1.46. The summed E-state index contributed by atoms with van der Waals surface area (Å²) in [4.78, 5) is 22.5. The van der Waals surface area contributed by atoms with Crippen molar-refractivity contribution in [3.63, 3.8) is 0 Å². The van der Waals surface area contributed by atoms with Crippen molar-refractivity contribution in [2.75, 3.05) is 6.54 Å². The molecule has 0 aromatic carbocycles. The van der Waals surface area contributed by atoms with Gasteiger partial charge in [0, 0.05) is 25.4 Å². The van der Waals surface area contributed by atoms with Crippen LogP contribution in [0.2, 0.25) is 0 Å². The Labute approximate surface area is 106 Å². The maximum atomic E-state index is 11.3. The molecular weight excluding hydrogens is 234 g/mol. The second-order valence-electron chi connectivity index (χ2n) is 5.21.